The quantitative estimate of drug-likeness (QED) is 0.0493. The number of carbonyl (C=O) groups excluding carboxylic acids is 6. The van der Waals surface area contributed by atoms with Crippen LogP contribution >= 0.6 is 0 Å². The first kappa shape index (κ1) is 59.7. The molecule has 22 nitrogen and oxygen atoms in total. The number of nitrogens with two attached hydrogens (primary N) is 1. The molecule has 1 aromatic carbocycles. The Bertz CT molecular complexity index is 2250. The molecule has 1 aliphatic heterocycles. The van der Waals surface area contributed by atoms with Gasteiger partial charge in [0.25, 0.3) is 0 Å². The van der Waals surface area contributed by atoms with Gasteiger partial charge in [-0.1, -0.05) is 52.7 Å². The standard InChI is InChI=1S/C54H80N6O16/c1-6-8-45-75-43-30-39-38-15-10-34-29-36(61)16-18-52(34,4)46(38)41(62)31-53(39,5)54(43,76-45)42(63)32-74-37-13-11-35(12-14-37)58-48(65)40(9-7-19-56-50(55)67)59-49(66)47(33(2)3)60-44(64)17-21-70-23-25-72-27-28-73-26-24-71-22-20-57-51(68)69/h11-14,16,18,29,33,38-41,43,45-47,57,62H,6-10,15,17,19-28,30-32H2,1-5H3,(H,58,65)(H,59,66)(H,60,64)(H,68,69)(H3,55,56,67)/t38-,39-,40-,41?,43+,45?,46+,47-,52-,53-,54+/m0/s1. The number of benzene rings is 1. The van der Waals surface area contributed by atoms with Crippen LogP contribution in [0.4, 0.5) is 15.3 Å². The van der Waals surface area contributed by atoms with E-state index in [1.807, 2.05) is 13.0 Å². The number of aliphatic hydroxyl groups excluding tert-OH is 1. The molecule has 6 rings (SSSR count). The van der Waals surface area contributed by atoms with Crippen LogP contribution in [-0.2, 0) is 52.4 Å². The summed E-state index contributed by atoms with van der Waals surface area (Å²) in [6.45, 7) is 11.8. The Hall–Kier alpha value is -5.49. The van der Waals surface area contributed by atoms with E-state index in [1.54, 1.807) is 50.3 Å². The molecule has 4 aliphatic carbocycles. The molecule has 5 aliphatic rings. The van der Waals surface area contributed by atoms with Crippen molar-refractivity contribution in [2.75, 3.05) is 77.9 Å². The van der Waals surface area contributed by atoms with Crippen molar-refractivity contribution in [1.29, 1.82) is 0 Å². The number of rotatable bonds is 31. The van der Waals surface area contributed by atoms with Crippen molar-refractivity contribution in [3.8, 4) is 5.75 Å². The fourth-order valence-corrected chi connectivity index (χ4v) is 12.1. The highest BCUT2D eigenvalue weighted by Crippen LogP contribution is 2.69. The van der Waals surface area contributed by atoms with Crippen molar-refractivity contribution in [3.05, 3.63) is 48.1 Å². The number of Topliss-reactive ketones (excluding diaryl/α,β-unsaturated/α-hetero) is 1. The van der Waals surface area contributed by atoms with Gasteiger partial charge < -0.3 is 75.7 Å². The third kappa shape index (κ3) is 14.7. The van der Waals surface area contributed by atoms with Crippen LogP contribution in [0.25, 0.3) is 0 Å². The summed E-state index contributed by atoms with van der Waals surface area (Å²) in [7, 11) is 0. The number of fused-ring (bicyclic) bond motifs is 7. The van der Waals surface area contributed by atoms with Gasteiger partial charge in [-0.25, -0.2) is 9.59 Å². The monoisotopic (exact) mass is 1070 g/mol. The number of primary amides is 1. The smallest absolute Gasteiger partial charge is 0.404 e. The molecule has 22 heteroatoms. The van der Waals surface area contributed by atoms with Gasteiger partial charge in [-0.3, -0.25) is 24.0 Å². The van der Waals surface area contributed by atoms with Crippen LogP contribution in [0.1, 0.15) is 92.4 Å². The van der Waals surface area contributed by atoms with Crippen LogP contribution in [0.2, 0.25) is 0 Å². The minimum absolute atomic E-state index is 0.0117. The number of allylic oxidation sites excluding steroid dienone is 4. The van der Waals surface area contributed by atoms with Crippen molar-refractivity contribution in [2.24, 2.45) is 40.2 Å². The van der Waals surface area contributed by atoms with Gasteiger partial charge in [0.1, 0.15) is 24.4 Å². The predicted molar refractivity (Wildman–Crippen MR) is 276 cm³/mol. The number of anilines is 1. The van der Waals surface area contributed by atoms with E-state index in [0.29, 0.717) is 57.1 Å². The topological polar surface area (TPSA) is 311 Å². The second-order valence-electron chi connectivity index (χ2n) is 21.1. The average molecular weight is 1070 g/mol. The molecule has 6 amide bonds. The van der Waals surface area contributed by atoms with E-state index < -0.39 is 76.9 Å². The highest BCUT2D eigenvalue weighted by Gasteiger charge is 2.76. The lowest BCUT2D eigenvalue weighted by Gasteiger charge is -2.59. The molecule has 4 fully saturated rings. The maximum Gasteiger partial charge on any atom is 0.404 e. The van der Waals surface area contributed by atoms with E-state index in [2.05, 4.69) is 40.4 Å². The maximum atomic E-state index is 14.8. The van der Waals surface area contributed by atoms with Crippen molar-refractivity contribution in [2.45, 2.75) is 129 Å². The van der Waals surface area contributed by atoms with Gasteiger partial charge in [-0.15, -0.1) is 0 Å². The Morgan fingerprint density at radius 3 is 2.20 bits per heavy atom. The molecule has 0 spiro atoms. The summed E-state index contributed by atoms with van der Waals surface area (Å²) < 4.78 is 41.1. The molecule has 1 heterocycles. The van der Waals surface area contributed by atoms with Crippen LogP contribution in [0, 0.1) is 34.5 Å². The molecule has 76 heavy (non-hydrogen) atoms. The van der Waals surface area contributed by atoms with E-state index in [-0.39, 0.29) is 101 Å². The molecule has 2 unspecified atom stereocenters. The summed E-state index contributed by atoms with van der Waals surface area (Å²) in [5.74, 6) is -1.92. The van der Waals surface area contributed by atoms with Crippen LogP contribution < -0.4 is 37.1 Å². The normalized spacial score (nSPS) is 27.9. The van der Waals surface area contributed by atoms with Gasteiger partial charge in [0, 0.05) is 41.9 Å². The zero-order valence-electron chi connectivity index (χ0n) is 44.6. The zero-order valence-corrected chi connectivity index (χ0v) is 44.6. The Morgan fingerprint density at radius 2 is 1.55 bits per heavy atom. The van der Waals surface area contributed by atoms with Gasteiger partial charge in [0.05, 0.1) is 65.1 Å². The van der Waals surface area contributed by atoms with Crippen molar-refractivity contribution in [3.63, 3.8) is 0 Å². The summed E-state index contributed by atoms with van der Waals surface area (Å²) >= 11 is 0. The first-order chi connectivity index (χ1) is 36.3. The largest absolute Gasteiger partial charge is 0.486 e. The van der Waals surface area contributed by atoms with Gasteiger partial charge in [-0.2, -0.15) is 0 Å². The second kappa shape index (κ2) is 27.7. The summed E-state index contributed by atoms with van der Waals surface area (Å²) in [4.78, 5) is 89.5. The van der Waals surface area contributed by atoms with Crippen molar-refractivity contribution in [1.82, 2.24) is 21.3 Å². The van der Waals surface area contributed by atoms with E-state index in [9.17, 15) is 38.7 Å². The highest BCUT2D eigenvalue weighted by atomic mass is 16.7. The first-order valence-corrected chi connectivity index (χ1v) is 26.8. The molecule has 0 aromatic heterocycles. The molecular formula is C54H80N6O16. The van der Waals surface area contributed by atoms with Crippen molar-refractivity contribution < 1.29 is 76.9 Å². The third-order valence-electron chi connectivity index (χ3n) is 15.7. The number of ether oxygens (including phenoxy) is 7. The first-order valence-electron chi connectivity index (χ1n) is 26.8. The van der Waals surface area contributed by atoms with Crippen LogP contribution in [0.15, 0.2) is 48.1 Å². The minimum Gasteiger partial charge on any atom is -0.486 e. The lowest BCUT2D eigenvalue weighted by molar-refractivity contribution is -0.200. The van der Waals surface area contributed by atoms with Gasteiger partial charge in [-0.05, 0) is 99.1 Å². The SMILES string of the molecule is CCCC1O[C@@H]2C[C@H]3[C@@H]4CCC5=CC(=O)C=C[C@]5(C)[C@H]4C(O)C[C@]3(C)[C@]2(C(=O)COc2ccc(NC(=O)[C@H](CCCNC(N)=O)NC(=O)[C@@H](NC(=O)CCOCCOCCOCCOCCNC(=O)O)C(C)C)cc2)O1. The Kier molecular flexibility index (Phi) is 21.8. The van der Waals surface area contributed by atoms with Crippen LogP contribution in [0.5, 0.6) is 5.75 Å². The van der Waals surface area contributed by atoms with E-state index in [0.717, 1.165) is 24.8 Å². The Morgan fingerprint density at radius 1 is 0.882 bits per heavy atom. The molecule has 1 saturated heterocycles. The minimum atomic E-state index is -1.36. The fourth-order valence-electron chi connectivity index (χ4n) is 12.1. The van der Waals surface area contributed by atoms with Gasteiger partial charge in [0.15, 0.2) is 17.7 Å². The van der Waals surface area contributed by atoms with Crippen LogP contribution in [-0.4, -0.2) is 160 Å². The summed E-state index contributed by atoms with van der Waals surface area (Å²) in [6.07, 6.45) is 6.53. The molecule has 0 radical (unpaired) electrons. The number of hydrogen-bond acceptors (Lipinski definition) is 15. The number of carbonyl (C=O) groups is 7. The summed E-state index contributed by atoms with van der Waals surface area (Å²) in [5.41, 5.74) is 4.08. The van der Waals surface area contributed by atoms with Crippen LogP contribution in [0.3, 0.4) is 0 Å². The number of carboxylic acid groups (broad SMARTS) is 1. The molecular weight excluding hydrogens is 989 g/mol. The summed E-state index contributed by atoms with van der Waals surface area (Å²) in [6, 6.07) is 3.64. The number of ketones is 2. The average Bonchev–Trinajstić information content (AvgIpc) is 4.06. The van der Waals surface area contributed by atoms with E-state index >= 15 is 0 Å². The number of aliphatic hydroxyl groups is 1. The molecule has 1 aromatic rings. The number of amides is 6. The predicted octanol–water partition coefficient (Wildman–Crippen LogP) is 3.54. The van der Waals surface area contributed by atoms with Gasteiger partial charge >= 0.3 is 12.1 Å². The Balaban J connectivity index is 0.993. The number of nitrogens with one attached hydrogen (secondary N) is 5. The second-order valence-corrected chi connectivity index (χ2v) is 21.1. The molecule has 3 saturated carbocycles. The molecule has 11 atom stereocenters. The van der Waals surface area contributed by atoms with E-state index in [4.69, 9.17) is 44.0 Å². The zero-order chi connectivity index (χ0) is 55.0. The number of urea groups is 1. The molecule has 9 N–H and O–H groups in total. The van der Waals surface area contributed by atoms with E-state index in [1.165, 1.54) is 0 Å². The van der Waals surface area contributed by atoms with Gasteiger partial charge in [0.2, 0.25) is 23.5 Å². The third-order valence-corrected chi connectivity index (χ3v) is 15.7. The lowest BCUT2D eigenvalue weighted by Crippen LogP contribution is -2.63. The highest BCUT2D eigenvalue weighted by molar-refractivity contribution is 6.01. The molecule has 422 valence electrons. The van der Waals surface area contributed by atoms with Crippen molar-refractivity contribution >= 4 is 47.1 Å². The lowest BCUT2D eigenvalue weighted by atomic mass is 9.46. The maximum absolute atomic E-state index is 14.8. The molecule has 0 bridgehead atoms. The summed E-state index contributed by atoms with van der Waals surface area (Å²) in [5, 5.41) is 33.7. The fraction of sp³-hybridized carbons (Fsp3) is 0.685. The number of hydrogen-bond donors (Lipinski definition) is 8. The Labute approximate surface area is 444 Å².